The zero-order chi connectivity index (χ0) is 18.2. The highest BCUT2D eigenvalue weighted by atomic mass is 19.1. The van der Waals surface area contributed by atoms with Gasteiger partial charge in [0.1, 0.15) is 11.6 Å². The van der Waals surface area contributed by atoms with Crippen LogP contribution in [0.1, 0.15) is 22.8 Å². The summed E-state index contributed by atoms with van der Waals surface area (Å²) in [7, 11) is 0. The molecule has 128 valence electrons. The number of benzene rings is 2. The van der Waals surface area contributed by atoms with Gasteiger partial charge in [0.15, 0.2) is 6.61 Å². The van der Waals surface area contributed by atoms with Crippen LogP contribution < -0.4 is 10.1 Å². The van der Waals surface area contributed by atoms with Gasteiger partial charge < -0.3 is 14.8 Å². The smallest absolute Gasteiger partial charge is 0.341 e. The van der Waals surface area contributed by atoms with Crippen molar-refractivity contribution in [2.24, 2.45) is 0 Å². The SMILES string of the molecule is CCOc1ccc(NC(=O)COC(=O)c2ccc(C#N)cc2F)cc1. The zero-order valence-corrected chi connectivity index (χ0v) is 13.4. The summed E-state index contributed by atoms with van der Waals surface area (Å²) in [6, 6.07) is 11.8. The van der Waals surface area contributed by atoms with Gasteiger partial charge in [0, 0.05) is 5.69 Å². The van der Waals surface area contributed by atoms with Gasteiger partial charge in [0.05, 0.1) is 23.8 Å². The molecule has 0 radical (unpaired) electrons. The predicted molar refractivity (Wildman–Crippen MR) is 87.6 cm³/mol. The topological polar surface area (TPSA) is 88.4 Å². The van der Waals surface area contributed by atoms with Crippen LogP contribution in [-0.4, -0.2) is 25.1 Å². The maximum absolute atomic E-state index is 13.7. The first-order valence-electron chi connectivity index (χ1n) is 7.43. The first kappa shape index (κ1) is 17.9. The molecule has 1 N–H and O–H groups in total. The van der Waals surface area contributed by atoms with Crippen molar-refractivity contribution in [2.45, 2.75) is 6.92 Å². The number of hydrogen-bond acceptors (Lipinski definition) is 5. The van der Waals surface area contributed by atoms with Crippen LogP contribution in [0.25, 0.3) is 0 Å². The summed E-state index contributed by atoms with van der Waals surface area (Å²) in [6.45, 7) is 1.83. The number of carbonyl (C=O) groups is 2. The molecule has 6 nitrogen and oxygen atoms in total. The van der Waals surface area contributed by atoms with Gasteiger partial charge in [-0.15, -0.1) is 0 Å². The summed E-state index contributed by atoms with van der Waals surface area (Å²) in [4.78, 5) is 23.6. The number of nitriles is 1. The average molecular weight is 342 g/mol. The van der Waals surface area contributed by atoms with Crippen molar-refractivity contribution in [1.82, 2.24) is 0 Å². The van der Waals surface area contributed by atoms with Crippen molar-refractivity contribution in [2.75, 3.05) is 18.5 Å². The summed E-state index contributed by atoms with van der Waals surface area (Å²) in [5.41, 5.74) is 0.254. The highest BCUT2D eigenvalue weighted by Gasteiger charge is 2.15. The first-order chi connectivity index (χ1) is 12.0. The van der Waals surface area contributed by atoms with Crippen molar-refractivity contribution in [3.05, 3.63) is 59.4 Å². The number of esters is 1. The number of amides is 1. The van der Waals surface area contributed by atoms with Crippen LogP contribution in [0.15, 0.2) is 42.5 Å². The summed E-state index contributed by atoms with van der Waals surface area (Å²) < 4.78 is 23.8. The summed E-state index contributed by atoms with van der Waals surface area (Å²) in [5.74, 6) is -1.76. The number of ether oxygens (including phenoxy) is 2. The lowest BCUT2D eigenvalue weighted by atomic mass is 10.1. The standard InChI is InChI=1S/C18H15FN2O4/c1-2-24-14-6-4-13(5-7-14)21-17(22)11-25-18(23)15-8-3-12(10-20)9-16(15)19/h3-9H,2,11H2,1H3,(H,21,22). The lowest BCUT2D eigenvalue weighted by Gasteiger charge is -2.08. The number of anilines is 1. The number of hydrogen-bond donors (Lipinski definition) is 1. The van der Waals surface area contributed by atoms with Crippen LogP contribution in [0.3, 0.4) is 0 Å². The van der Waals surface area contributed by atoms with E-state index in [-0.39, 0.29) is 11.1 Å². The molecule has 2 rings (SSSR count). The van der Waals surface area contributed by atoms with Gasteiger partial charge in [-0.05, 0) is 49.4 Å². The van der Waals surface area contributed by atoms with E-state index in [0.29, 0.717) is 18.0 Å². The van der Waals surface area contributed by atoms with Crippen LogP contribution in [0.5, 0.6) is 5.75 Å². The van der Waals surface area contributed by atoms with Gasteiger partial charge in [0.2, 0.25) is 0 Å². The minimum Gasteiger partial charge on any atom is -0.494 e. The molecule has 0 unspecified atom stereocenters. The van der Waals surface area contributed by atoms with Gasteiger partial charge in [-0.2, -0.15) is 5.26 Å². The predicted octanol–water partition coefficient (Wildman–Crippen LogP) is 2.89. The Morgan fingerprint density at radius 3 is 2.52 bits per heavy atom. The molecule has 2 aromatic rings. The molecule has 0 aliphatic rings. The van der Waals surface area contributed by atoms with Crippen molar-refractivity contribution >= 4 is 17.6 Å². The molecule has 1 amide bonds. The van der Waals surface area contributed by atoms with Crippen LogP contribution in [-0.2, 0) is 9.53 Å². The van der Waals surface area contributed by atoms with Crippen LogP contribution in [0.4, 0.5) is 10.1 Å². The van der Waals surface area contributed by atoms with E-state index < -0.39 is 24.3 Å². The van der Waals surface area contributed by atoms with E-state index in [2.05, 4.69) is 5.32 Å². The normalized spacial score (nSPS) is 9.80. The highest BCUT2D eigenvalue weighted by Crippen LogP contribution is 2.16. The Hall–Kier alpha value is -3.40. The van der Waals surface area contributed by atoms with Crippen LogP contribution >= 0.6 is 0 Å². The Labute approximate surface area is 143 Å². The van der Waals surface area contributed by atoms with Gasteiger partial charge in [-0.3, -0.25) is 4.79 Å². The van der Waals surface area contributed by atoms with E-state index in [1.54, 1.807) is 30.3 Å². The van der Waals surface area contributed by atoms with Gasteiger partial charge in [0.25, 0.3) is 5.91 Å². The molecule has 0 aromatic heterocycles. The summed E-state index contributed by atoms with van der Waals surface area (Å²) in [5, 5.41) is 11.2. The Kier molecular flexibility index (Phi) is 6.07. The lowest BCUT2D eigenvalue weighted by Crippen LogP contribution is -2.21. The molecule has 0 bridgehead atoms. The van der Waals surface area contributed by atoms with E-state index in [1.165, 1.54) is 6.07 Å². The Bertz CT molecular complexity index is 813. The maximum Gasteiger partial charge on any atom is 0.341 e. The van der Waals surface area contributed by atoms with E-state index in [9.17, 15) is 14.0 Å². The third-order valence-corrected chi connectivity index (χ3v) is 3.10. The molecular formula is C18H15FN2O4. The minimum atomic E-state index is -0.983. The molecule has 0 aliphatic heterocycles. The van der Waals surface area contributed by atoms with Crippen molar-refractivity contribution in [1.29, 1.82) is 5.26 Å². The molecule has 0 saturated carbocycles. The van der Waals surface area contributed by atoms with E-state index >= 15 is 0 Å². The third-order valence-electron chi connectivity index (χ3n) is 3.10. The molecule has 0 saturated heterocycles. The Balaban J connectivity index is 1.89. The van der Waals surface area contributed by atoms with E-state index in [0.717, 1.165) is 12.1 Å². The zero-order valence-electron chi connectivity index (χ0n) is 13.4. The van der Waals surface area contributed by atoms with Crippen molar-refractivity contribution in [3.8, 4) is 11.8 Å². The van der Waals surface area contributed by atoms with Gasteiger partial charge in [-0.25, -0.2) is 9.18 Å². The fourth-order valence-electron chi connectivity index (χ4n) is 1.96. The minimum absolute atomic E-state index is 0.0855. The first-order valence-corrected chi connectivity index (χ1v) is 7.43. The fraction of sp³-hybridized carbons (Fsp3) is 0.167. The number of nitrogens with zero attached hydrogens (tertiary/aromatic N) is 1. The highest BCUT2D eigenvalue weighted by molar-refractivity contribution is 5.95. The third kappa shape index (κ3) is 5.04. The van der Waals surface area contributed by atoms with E-state index in [4.69, 9.17) is 14.7 Å². The summed E-state index contributed by atoms with van der Waals surface area (Å²) >= 11 is 0. The maximum atomic E-state index is 13.7. The number of halogens is 1. The second-order valence-electron chi connectivity index (χ2n) is 4.89. The number of carbonyl (C=O) groups excluding carboxylic acids is 2. The molecule has 0 heterocycles. The molecule has 25 heavy (non-hydrogen) atoms. The molecule has 7 heteroatoms. The van der Waals surface area contributed by atoms with Crippen LogP contribution in [0, 0.1) is 17.1 Å². The van der Waals surface area contributed by atoms with Gasteiger partial charge >= 0.3 is 5.97 Å². The Morgan fingerprint density at radius 1 is 1.20 bits per heavy atom. The molecule has 0 atom stereocenters. The number of nitrogens with one attached hydrogen (secondary N) is 1. The monoisotopic (exact) mass is 342 g/mol. The number of rotatable bonds is 6. The lowest BCUT2D eigenvalue weighted by molar-refractivity contribution is -0.119. The van der Waals surface area contributed by atoms with Crippen LogP contribution in [0.2, 0.25) is 0 Å². The second kappa shape index (κ2) is 8.45. The summed E-state index contributed by atoms with van der Waals surface area (Å²) in [6.07, 6.45) is 0. The second-order valence-corrected chi connectivity index (χ2v) is 4.89. The van der Waals surface area contributed by atoms with Crippen molar-refractivity contribution in [3.63, 3.8) is 0 Å². The van der Waals surface area contributed by atoms with Crippen molar-refractivity contribution < 1.29 is 23.5 Å². The quantitative estimate of drug-likeness (QED) is 0.816. The largest absolute Gasteiger partial charge is 0.494 e. The molecule has 0 aliphatic carbocycles. The van der Waals surface area contributed by atoms with Gasteiger partial charge in [-0.1, -0.05) is 0 Å². The fourth-order valence-corrected chi connectivity index (χ4v) is 1.96. The Morgan fingerprint density at radius 2 is 1.92 bits per heavy atom. The molecule has 0 fully saturated rings. The average Bonchev–Trinajstić information content (AvgIpc) is 2.61. The van der Waals surface area contributed by atoms with E-state index in [1.807, 2.05) is 6.92 Å². The molecular weight excluding hydrogens is 327 g/mol. The molecule has 2 aromatic carbocycles. The molecule has 0 spiro atoms.